The van der Waals surface area contributed by atoms with E-state index in [4.69, 9.17) is 22.6 Å². The highest BCUT2D eigenvalue weighted by atomic mass is 79.9. The van der Waals surface area contributed by atoms with Crippen LogP contribution in [0.1, 0.15) is 15.9 Å². The van der Waals surface area contributed by atoms with Crippen molar-refractivity contribution in [3.05, 3.63) is 51.2 Å². The van der Waals surface area contributed by atoms with Gasteiger partial charge in [-0.25, -0.2) is 4.98 Å². The number of nitrogens with zero attached hydrogens (tertiary/aromatic N) is 2. The van der Waals surface area contributed by atoms with Crippen molar-refractivity contribution in [2.75, 3.05) is 11.1 Å². The van der Waals surface area contributed by atoms with E-state index < -0.39 is 5.91 Å². The molecule has 2 aromatic rings. The lowest BCUT2D eigenvalue weighted by molar-refractivity contribution is 0.102. The first kappa shape index (κ1) is 14.3. The first-order chi connectivity index (χ1) is 9.51. The van der Waals surface area contributed by atoms with Crippen LogP contribution in [0.25, 0.3) is 0 Å². The van der Waals surface area contributed by atoms with E-state index in [-0.39, 0.29) is 10.7 Å². The largest absolute Gasteiger partial charge is 0.397 e. The van der Waals surface area contributed by atoms with Crippen LogP contribution >= 0.6 is 27.5 Å². The fraction of sp³-hybridized carbons (Fsp3) is 0. The van der Waals surface area contributed by atoms with Crippen LogP contribution in [0.4, 0.5) is 11.4 Å². The average molecular weight is 352 g/mol. The molecule has 100 valence electrons. The molecule has 3 N–H and O–H groups in total. The van der Waals surface area contributed by atoms with Crippen molar-refractivity contribution in [2.45, 2.75) is 0 Å². The summed E-state index contributed by atoms with van der Waals surface area (Å²) in [6, 6.07) is 8.27. The van der Waals surface area contributed by atoms with Crippen LogP contribution in [-0.2, 0) is 0 Å². The summed E-state index contributed by atoms with van der Waals surface area (Å²) in [7, 11) is 0. The molecule has 0 aliphatic heterocycles. The highest BCUT2D eigenvalue weighted by Gasteiger charge is 2.13. The Morgan fingerprint density at radius 1 is 1.45 bits per heavy atom. The third kappa shape index (κ3) is 3.07. The van der Waals surface area contributed by atoms with Gasteiger partial charge in [0.25, 0.3) is 5.91 Å². The highest BCUT2D eigenvalue weighted by Crippen LogP contribution is 2.25. The van der Waals surface area contributed by atoms with Crippen molar-refractivity contribution in [1.82, 2.24) is 4.98 Å². The van der Waals surface area contributed by atoms with Crippen molar-refractivity contribution in [1.29, 1.82) is 5.26 Å². The Balaban J connectivity index is 2.28. The van der Waals surface area contributed by atoms with E-state index in [1.807, 2.05) is 6.07 Å². The molecule has 0 atom stereocenters. The molecule has 1 amide bonds. The number of nitriles is 1. The molecule has 0 aliphatic carbocycles. The second kappa shape index (κ2) is 5.90. The molecule has 1 heterocycles. The van der Waals surface area contributed by atoms with E-state index in [1.165, 1.54) is 12.3 Å². The van der Waals surface area contributed by atoms with Gasteiger partial charge < -0.3 is 11.1 Å². The summed E-state index contributed by atoms with van der Waals surface area (Å²) < 4.78 is 0.595. The van der Waals surface area contributed by atoms with Gasteiger partial charge in [-0.15, -0.1) is 0 Å². The summed E-state index contributed by atoms with van der Waals surface area (Å²) in [6.45, 7) is 0. The summed E-state index contributed by atoms with van der Waals surface area (Å²) in [5.74, 6) is -0.430. The minimum absolute atomic E-state index is 0.0708. The topological polar surface area (TPSA) is 91.8 Å². The average Bonchev–Trinajstić information content (AvgIpc) is 2.43. The molecule has 7 heteroatoms. The monoisotopic (exact) mass is 350 g/mol. The predicted molar refractivity (Wildman–Crippen MR) is 80.5 cm³/mol. The third-order valence-corrected chi connectivity index (χ3v) is 3.41. The minimum atomic E-state index is -0.430. The molecule has 1 aromatic heterocycles. The van der Waals surface area contributed by atoms with Crippen LogP contribution in [0, 0.1) is 11.3 Å². The van der Waals surface area contributed by atoms with Crippen molar-refractivity contribution < 1.29 is 4.79 Å². The lowest BCUT2D eigenvalue weighted by Crippen LogP contribution is -2.14. The van der Waals surface area contributed by atoms with Crippen molar-refractivity contribution in [3.63, 3.8) is 0 Å². The van der Waals surface area contributed by atoms with Crippen molar-refractivity contribution in [2.24, 2.45) is 0 Å². The molecular weight excluding hydrogens is 344 g/mol. The molecule has 0 radical (unpaired) electrons. The molecular formula is C13H8BrClN4O. The van der Waals surface area contributed by atoms with Crippen molar-refractivity contribution in [3.8, 4) is 6.07 Å². The van der Waals surface area contributed by atoms with E-state index in [0.717, 1.165) is 0 Å². The number of rotatable bonds is 2. The Morgan fingerprint density at radius 2 is 2.20 bits per heavy atom. The summed E-state index contributed by atoms with van der Waals surface area (Å²) in [6.07, 6.45) is 1.37. The van der Waals surface area contributed by atoms with Gasteiger partial charge >= 0.3 is 0 Å². The number of carbonyl (C=O) groups excluding carboxylic acids is 1. The zero-order valence-electron chi connectivity index (χ0n) is 10.0. The molecule has 20 heavy (non-hydrogen) atoms. The van der Waals surface area contributed by atoms with Gasteiger partial charge in [-0.2, -0.15) is 5.26 Å². The molecule has 0 bridgehead atoms. The van der Waals surface area contributed by atoms with Gasteiger partial charge in [-0.3, -0.25) is 4.79 Å². The molecule has 0 saturated heterocycles. The minimum Gasteiger partial charge on any atom is -0.397 e. The zero-order valence-corrected chi connectivity index (χ0v) is 12.4. The zero-order chi connectivity index (χ0) is 14.7. The molecule has 0 aliphatic rings. The number of benzene rings is 1. The number of hydrogen-bond donors (Lipinski definition) is 2. The van der Waals surface area contributed by atoms with Gasteiger partial charge in [0.15, 0.2) is 0 Å². The second-order valence-corrected chi connectivity index (χ2v) is 5.08. The summed E-state index contributed by atoms with van der Waals surface area (Å²) in [5, 5.41) is 11.5. The normalized spacial score (nSPS) is 9.85. The van der Waals surface area contributed by atoms with Gasteiger partial charge in [-0.05, 0) is 40.2 Å². The number of hydrogen-bond acceptors (Lipinski definition) is 4. The van der Waals surface area contributed by atoms with Crippen LogP contribution in [-0.4, -0.2) is 10.9 Å². The lowest BCUT2D eigenvalue weighted by atomic mass is 10.2. The number of pyridine rings is 1. The van der Waals surface area contributed by atoms with Crippen molar-refractivity contribution >= 4 is 44.8 Å². The van der Waals surface area contributed by atoms with Gasteiger partial charge in [0, 0.05) is 4.47 Å². The quantitative estimate of drug-likeness (QED) is 0.813. The second-order valence-electron chi connectivity index (χ2n) is 3.87. The summed E-state index contributed by atoms with van der Waals surface area (Å²) in [5.41, 5.74) is 7.11. The number of halogens is 2. The van der Waals surface area contributed by atoms with Crippen LogP contribution in [0.5, 0.6) is 0 Å². The number of nitrogens with one attached hydrogen (secondary N) is 1. The standard InChI is InChI=1S/C13H8BrClN4O/c14-10-3-7(5-16)1-2-11(10)19-13(20)9-4-8(17)6-18-12(9)15/h1-4,6H,17H2,(H,19,20). The van der Waals surface area contributed by atoms with Gasteiger partial charge in [0.05, 0.1) is 34.8 Å². The number of nitrogens with two attached hydrogens (primary N) is 1. The number of amides is 1. The Bertz CT molecular complexity index is 727. The molecule has 2 rings (SSSR count). The summed E-state index contributed by atoms with van der Waals surface area (Å²) >= 11 is 9.15. The molecule has 1 aromatic carbocycles. The lowest BCUT2D eigenvalue weighted by Gasteiger charge is -2.09. The SMILES string of the molecule is N#Cc1ccc(NC(=O)c2cc(N)cnc2Cl)c(Br)c1. The van der Waals surface area contributed by atoms with Crippen LogP contribution in [0.15, 0.2) is 34.9 Å². The van der Waals surface area contributed by atoms with Crippen LogP contribution in [0.2, 0.25) is 5.15 Å². The third-order valence-electron chi connectivity index (χ3n) is 2.45. The van der Waals surface area contributed by atoms with E-state index in [9.17, 15) is 4.79 Å². The van der Waals surface area contributed by atoms with Gasteiger partial charge in [0.1, 0.15) is 5.15 Å². The van der Waals surface area contributed by atoms with Crippen LogP contribution < -0.4 is 11.1 Å². The van der Waals surface area contributed by atoms with E-state index in [2.05, 4.69) is 26.2 Å². The Labute approximate surface area is 128 Å². The molecule has 0 unspecified atom stereocenters. The maximum Gasteiger partial charge on any atom is 0.258 e. The van der Waals surface area contributed by atoms with Gasteiger partial charge in [0.2, 0.25) is 0 Å². The Hall–Kier alpha value is -2.10. The van der Waals surface area contributed by atoms with E-state index in [1.54, 1.807) is 18.2 Å². The predicted octanol–water partition coefficient (Wildman–Crippen LogP) is 3.20. The van der Waals surface area contributed by atoms with E-state index >= 15 is 0 Å². The maximum absolute atomic E-state index is 12.1. The Morgan fingerprint density at radius 3 is 2.85 bits per heavy atom. The maximum atomic E-state index is 12.1. The van der Waals surface area contributed by atoms with Gasteiger partial charge in [-0.1, -0.05) is 11.6 Å². The number of carbonyl (C=O) groups is 1. The number of nitrogen functional groups attached to an aromatic ring is 1. The molecule has 5 nitrogen and oxygen atoms in total. The summed E-state index contributed by atoms with van der Waals surface area (Å²) in [4.78, 5) is 15.9. The fourth-order valence-corrected chi connectivity index (χ4v) is 2.17. The molecule has 0 saturated carbocycles. The Kier molecular flexibility index (Phi) is 4.23. The number of anilines is 2. The highest BCUT2D eigenvalue weighted by molar-refractivity contribution is 9.10. The fourth-order valence-electron chi connectivity index (χ4n) is 1.50. The first-order valence-corrected chi connectivity index (χ1v) is 6.60. The molecule has 0 fully saturated rings. The smallest absolute Gasteiger partial charge is 0.258 e. The van der Waals surface area contributed by atoms with E-state index in [0.29, 0.717) is 21.4 Å². The number of aromatic nitrogens is 1. The molecule has 0 spiro atoms. The first-order valence-electron chi connectivity index (χ1n) is 5.43. The van der Waals surface area contributed by atoms with Crippen LogP contribution in [0.3, 0.4) is 0 Å².